The lowest BCUT2D eigenvalue weighted by Gasteiger charge is -2.07. The van der Waals surface area contributed by atoms with Crippen LogP contribution in [0.3, 0.4) is 0 Å². The molecule has 0 aliphatic carbocycles. The van der Waals surface area contributed by atoms with Crippen molar-refractivity contribution in [1.29, 1.82) is 0 Å². The van der Waals surface area contributed by atoms with Crippen molar-refractivity contribution in [2.45, 2.75) is 20.3 Å². The summed E-state index contributed by atoms with van der Waals surface area (Å²) >= 11 is 3.26. The van der Waals surface area contributed by atoms with E-state index in [1.54, 1.807) is 19.9 Å². The zero-order chi connectivity index (χ0) is 11.4. The number of hydrogen-bond acceptors (Lipinski definition) is 2. The van der Waals surface area contributed by atoms with Crippen LogP contribution in [0.2, 0.25) is 0 Å². The van der Waals surface area contributed by atoms with Crippen LogP contribution in [-0.2, 0) is 16.0 Å². The molecule has 82 valence electrons. The van der Waals surface area contributed by atoms with Crippen LogP contribution >= 0.6 is 15.9 Å². The Labute approximate surface area is 96.6 Å². The van der Waals surface area contributed by atoms with Crippen molar-refractivity contribution in [1.82, 2.24) is 0 Å². The van der Waals surface area contributed by atoms with E-state index >= 15 is 0 Å². The van der Waals surface area contributed by atoms with Gasteiger partial charge in [-0.1, -0.05) is 22.0 Å². The van der Waals surface area contributed by atoms with Gasteiger partial charge in [0.05, 0.1) is 13.0 Å². The van der Waals surface area contributed by atoms with Crippen molar-refractivity contribution < 1.29 is 13.9 Å². The van der Waals surface area contributed by atoms with Gasteiger partial charge in [-0.25, -0.2) is 4.39 Å². The molecule has 0 saturated carbocycles. The summed E-state index contributed by atoms with van der Waals surface area (Å²) in [5.74, 6) is -0.585. The molecule has 0 N–H and O–H groups in total. The third-order valence-corrected chi connectivity index (χ3v) is 3.14. The number of carbonyl (C=O) groups excluding carboxylic acids is 1. The van der Waals surface area contributed by atoms with E-state index in [-0.39, 0.29) is 18.2 Å². The zero-order valence-electron chi connectivity index (χ0n) is 8.64. The first-order valence-electron chi connectivity index (χ1n) is 4.65. The fourth-order valence-corrected chi connectivity index (χ4v) is 1.68. The molecule has 2 nitrogen and oxygen atoms in total. The van der Waals surface area contributed by atoms with E-state index in [1.165, 1.54) is 6.07 Å². The van der Waals surface area contributed by atoms with Crippen molar-refractivity contribution in [3.8, 4) is 0 Å². The highest BCUT2D eigenvalue weighted by Gasteiger charge is 2.11. The molecule has 0 fully saturated rings. The van der Waals surface area contributed by atoms with Crippen molar-refractivity contribution in [2.24, 2.45) is 0 Å². The summed E-state index contributed by atoms with van der Waals surface area (Å²) in [4.78, 5) is 11.2. The molecule has 0 radical (unpaired) electrons. The fourth-order valence-electron chi connectivity index (χ4n) is 1.22. The Hall–Kier alpha value is -0.900. The maximum atomic E-state index is 13.1. The highest BCUT2D eigenvalue weighted by atomic mass is 79.9. The number of carbonyl (C=O) groups is 1. The van der Waals surface area contributed by atoms with Gasteiger partial charge in [-0.2, -0.15) is 0 Å². The van der Waals surface area contributed by atoms with Crippen LogP contribution in [0.4, 0.5) is 4.39 Å². The molecule has 0 bridgehead atoms. The smallest absolute Gasteiger partial charge is 0.310 e. The largest absolute Gasteiger partial charge is 0.466 e. The first kappa shape index (κ1) is 12.2. The Morgan fingerprint density at radius 1 is 1.53 bits per heavy atom. The highest BCUT2D eigenvalue weighted by molar-refractivity contribution is 9.10. The third-order valence-electron chi connectivity index (χ3n) is 2.04. The zero-order valence-corrected chi connectivity index (χ0v) is 10.2. The molecule has 0 atom stereocenters. The molecule has 1 rings (SSSR count). The van der Waals surface area contributed by atoms with E-state index in [1.807, 2.05) is 0 Å². The topological polar surface area (TPSA) is 26.3 Å². The second-order valence-corrected chi connectivity index (χ2v) is 3.92. The lowest BCUT2D eigenvalue weighted by atomic mass is 10.1. The van der Waals surface area contributed by atoms with Gasteiger partial charge in [0.2, 0.25) is 0 Å². The number of esters is 1. The summed E-state index contributed by atoms with van der Waals surface area (Å²) in [6.07, 6.45) is 0.162. The van der Waals surface area contributed by atoms with Gasteiger partial charge in [0.25, 0.3) is 0 Å². The van der Waals surface area contributed by atoms with Gasteiger partial charge < -0.3 is 4.74 Å². The van der Waals surface area contributed by atoms with Gasteiger partial charge in [0, 0.05) is 4.47 Å². The predicted octanol–water partition coefficient (Wildman–Crippen LogP) is 3.00. The van der Waals surface area contributed by atoms with Gasteiger partial charge in [-0.15, -0.1) is 0 Å². The highest BCUT2D eigenvalue weighted by Crippen LogP contribution is 2.24. The van der Waals surface area contributed by atoms with Crippen LogP contribution in [0.1, 0.15) is 18.1 Å². The normalized spacial score (nSPS) is 10.1. The Morgan fingerprint density at radius 3 is 2.80 bits per heavy atom. The summed E-state index contributed by atoms with van der Waals surface area (Å²) < 4.78 is 18.6. The molecule has 1 aromatic carbocycles. The minimum absolute atomic E-state index is 0.162. The minimum atomic E-state index is -0.302. The number of benzene rings is 1. The van der Waals surface area contributed by atoms with Crippen molar-refractivity contribution >= 4 is 21.9 Å². The number of rotatable bonds is 3. The molecule has 0 aromatic heterocycles. The Kier molecular flexibility index (Phi) is 4.27. The Balaban J connectivity index is 2.87. The van der Waals surface area contributed by atoms with E-state index in [2.05, 4.69) is 15.9 Å². The maximum absolute atomic E-state index is 13.1. The molecule has 1 aromatic rings. The number of hydrogen-bond donors (Lipinski definition) is 0. The van der Waals surface area contributed by atoms with Crippen LogP contribution < -0.4 is 0 Å². The summed E-state index contributed by atoms with van der Waals surface area (Å²) in [7, 11) is 0. The van der Waals surface area contributed by atoms with Crippen LogP contribution in [-0.4, -0.2) is 12.6 Å². The summed E-state index contributed by atoms with van der Waals surface area (Å²) in [5.41, 5.74) is 1.25. The standard InChI is InChI=1S/C11H12BrFO2/c1-3-15-10(14)6-8-4-5-9(13)7(2)11(8)12/h4-5H,3,6H2,1-2H3. The average molecular weight is 275 g/mol. The maximum Gasteiger partial charge on any atom is 0.310 e. The van der Waals surface area contributed by atoms with E-state index in [0.717, 1.165) is 5.56 Å². The average Bonchev–Trinajstić information content (AvgIpc) is 2.20. The van der Waals surface area contributed by atoms with Crippen LogP contribution in [0.25, 0.3) is 0 Å². The number of ether oxygens (including phenoxy) is 1. The molecule has 0 saturated heterocycles. The Bertz CT molecular complexity index is 377. The van der Waals surface area contributed by atoms with E-state index in [0.29, 0.717) is 16.6 Å². The van der Waals surface area contributed by atoms with Crippen LogP contribution in [0.15, 0.2) is 16.6 Å². The van der Waals surface area contributed by atoms with Gasteiger partial charge in [-0.3, -0.25) is 4.79 Å². The monoisotopic (exact) mass is 274 g/mol. The fraction of sp³-hybridized carbons (Fsp3) is 0.364. The number of halogens is 2. The van der Waals surface area contributed by atoms with Crippen molar-refractivity contribution in [3.05, 3.63) is 33.5 Å². The Morgan fingerprint density at radius 2 is 2.20 bits per heavy atom. The van der Waals surface area contributed by atoms with E-state index < -0.39 is 0 Å². The second-order valence-electron chi connectivity index (χ2n) is 3.13. The van der Waals surface area contributed by atoms with E-state index in [4.69, 9.17) is 4.74 Å². The van der Waals surface area contributed by atoms with E-state index in [9.17, 15) is 9.18 Å². The second kappa shape index (κ2) is 5.26. The summed E-state index contributed by atoms with van der Waals surface area (Å²) in [6, 6.07) is 2.94. The molecule has 0 unspecified atom stereocenters. The van der Waals surface area contributed by atoms with Crippen LogP contribution in [0, 0.1) is 12.7 Å². The van der Waals surface area contributed by atoms with Crippen molar-refractivity contribution in [2.75, 3.05) is 6.61 Å². The molecule has 4 heteroatoms. The molecular formula is C11H12BrFO2. The van der Waals surface area contributed by atoms with Gasteiger partial charge in [0.15, 0.2) is 0 Å². The molecule has 0 heterocycles. The lowest BCUT2D eigenvalue weighted by molar-refractivity contribution is -0.142. The third kappa shape index (κ3) is 3.02. The molecule has 0 spiro atoms. The summed E-state index contributed by atoms with van der Waals surface area (Å²) in [5, 5.41) is 0. The SMILES string of the molecule is CCOC(=O)Cc1ccc(F)c(C)c1Br. The molecular weight excluding hydrogens is 263 g/mol. The quantitative estimate of drug-likeness (QED) is 0.793. The first-order chi connectivity index (χ1) is 7.06. The minimum Gasteiger partial charge on any atom is -0.466 e. The van der Waals surface area contributed by atoms with Gasteiger partial charge in [-0.05, 0) is 31.0 Å². The van der Waals surface area contributed by atoms with Gasteiger partial charge in [0.1, 0.15) is 5.82 Å². The molecule has 15 heavy (non-hydrogen) atoms. The lowest BCUT2D eigenvalue weighted by Crippen LogP contribution is -2.08. The molecule has 0 aliphatic rings. The first-order valence-corrected chi connectivity index (χ1v) is 5.44. The summed E-state index contributed by atoms with van der Waals surface area (Å²) in [6.45, 7) is 3.77. The van der Waals surface area contributed by atoms with Crippen LogP contribution in [0.5, 0.6) is 0 Å². The molecule has 0 amide bonds. The van der Waals surface area contributed by atoms with Crippen molar-refractivity contribution in [3.63, 3.8) is 0 Å². The molecule has 0 aliphatic heterocycles. The van der Waals surface area contributed by atoms with Gasteiger partial charge >= 0.3 is 5.97 Å². The predicted molar refractivity (Wildman–Crippen MR) is 59.2 cm³/mol.